The molecule has 2 saturated heterocycles. The van der Waals surface area contributed by atoms with Crippen LogP contribution in [0.5, 0.6) is 0 Å². The molecule has 7 nitrogen and oxygen atoms in total. The lowest BCUT2D eigenvalue weighted by atomic mass is 9.79. The van der Waals surface area contributed by atoms with Crippen LogP contribution in [0.4, 0.5) is 0 Å². The van der Waals surface area contributed by atoms with E-state index in [9.17, 15) is 14.4 Å². The Balaban J connectivity index is 1.44. The predicted octanol–water partition coefficient (Wildman–Crippen LogP) is 2.66. The van der Waals surface area contributed by atoms with E-state index in [-0.39, 0.29) is 41.6 Å². The van der Waals surface area contributed by atoms with E-state index < -0.39 is 12.1 Å². The number of carbonyl (C=O) groups is 3. The number of nitrogens with zero attached hydrogens (tertiary/aromatic N) is 1. The minimum Gasteiger partial charge on any atom is -0.367 e. The molecular weight excluding hydrogens is 394 g/mol. The first kappa shape index (κ1) is 20.2. The summed E-state index contributed by atoms with van der Waals surface area (Å²) in [7, 11) is 0. The summed E-state index contributed by atoms with van der Waals surface area (Å²) in [6, 6.07) is 6.26. The molecule has 2 N–H and O–H groups in total. The zero-order valence-electron chi connectivity index (χ0n) is 18.0. The Hall–Kier alpha value is -2.67. The first-order valence-corrected chi connectivity index (χ1v) is 11.2. The Labute approximate surface area is 181 Å². The number of aromatic nitrogens is 1. The maximum Gasteiger partial charge on any atom is 0.252 e. The van der Waals surface area contributed by atoms with Gasteiger partial charge in [0.15, 0.2) is 5.78 Å². The second-order valence-corrected chi connectivity index (χ2v) is 9.70. The normalized spacial score (nSPS) is 28.1. The number of amides is 2. The maximum absolute atomic E-state index is 13.8. The zero-order chi connectivity index (χ0) is 21.8. The van der Waals surface area contributed by atoms with E-state index in [1.54, 1.807) is 11.0 Å². The van der Waals surface area contributed by atoms with Gasteiger partial charge in [-0.05, 0) is 41.8 Å². The van der Waals surface area contributed by atoms with Crippen LogP contribution in [0.25, 0.3) is 10.9 Å². The largest absolute Gasteiger partial charge is 0.367 e. The van der Waals surface area contributed by atoms with Crippen molar-refractivity contribution in [2.45, 2.75) is 57.7 Å². The van der Waals surface area contributed by atoms with Crippen LogP contribution < -0.4 is 5.32 Å². The summed E-state index contributed by atoms with van der Waals surface area (Å²) in [6.07, 6.45) is 5.43. The lowest BCUT2D eigenvalue weighted by Crippen LogP contribution is -2.57. The molecule has 0 radical (unpaired) electrons. The number of H-pyrrole nitrogens is 1. The third kappa shape index (κ3) is 3.35. The standard InChI is InChI=1S/C24H29N3O4/c1-14-12-27(19-18(28)13-31-20(14)19)23(30)21(24(2)8-3-4-9-24)26-22(29)16-6-5-15-7-10-25-17(15)11-16/h5-7,10-11,14,19-21,25H,3-4,8-9,12-13H2,1-2H3,(H,26,29)/t14-,19-,20-,21-/m1/s1. The minimum atomic E-state index is -0.666. The Morgan fingerprint density at radius 2 is 2.03 bits per heavy atom. The highest BCUT2D eigenvalue weighted by molar-refractivity contribution is 6.01. The van der Waals surface area contributed by atoms with E-state index in [1.807, 2.05) is 31.3 Å². The number of nitrogens with one attached hydrogen (secondary N) is 2. The highest BCUT2D eigenvalue weighted by atomic mass is 16.5. The number of carbonyl (C=O) groups excluding carboxylic acids is 3. The molecular formula is C24H29N3O4. The molecule has 164 valence electrons. The van der Waals surface area contributed by atoms with Gasteiger partial charge in [0.1, 0.15) is 18.7 Å². The van der Waals surface area contributed by atoms with Gasteiger partial charge in [0.25, 0.3) is 5.91 Å². The molecule has 7 heteroatoms. The molecule has 1 aromatic carbocycles. The molecule has 1 aliphatic carbocycles. The van der Waals surface area contributed by atoms with E-state index in [0.717, 1.165) is 36.6 Å². The summed E-state index contributed by atoms with van der Waals surface area (Å²) in [5.41, 5.74) is 1.07. The fourth-order valence-electron chi connectivity index (χ4n) is 5.69. The van der Waals surface area contributed by atoms with Gasteiger partial charge in [-0.1, -0.05) is 32.8 Å². The van der Waals surface area contributed by atoms with Gasteiger partial charge in [-0.15, -0.1) is 0 Å². The Kier molecular flexibility index (Phi) is 4.88. The molecule has 0 unspecified atom stereocenters. The fourth-order valence-corrected chi connectivity index (χ4v) is 5.69. The van der Waals surface area contributed by atoms with Crippen molar-refractivity contribution in [1.29, 1.82) is 0 Å². The third-order valence-electron chi connectivity index (χ3n) is 7.51. The first-order chi connectivity index (χ1) is 14.9. The van der Waals surface area contributed by atoms with E-state index in [4.69, 9.17) is 4.74 Å². The van der Waals surface area contributed by atoms with Crippen LogP contribution in [0.1, 0.15) is 49.9 Å². The quantitative estimate of drug-likeness (QED) is 0.791. The third-order valence-corrected chi connectivity index (χ3v) is 7.51. The number of hydrogen-bond donors (Lipinski definition) is 2. The van der Waals surface area contributed by atoms with E-state index in [1.165, 1.54) is 0 Å². The van der Waals surface area contributed by atoms with Gasteiger partial charge < -0.3 is 19.9 Å². The highest BCUT2D eigenvalue weighted by Gasteiger charge is 2.54. The second kappa shape index (κ2) is 7.48. The lowest BCUT2D eigenvalue weighted by Gasteiger charge is -2.37. The van der Waals surface area contributed by atoms with Gasteiger partial charge in [0.2, 0.25) is 5.91 Å². The molecule has 5 rings (SSSR count). The van der Waals surface area contributed by atoms with Gasteiger partial charge in [0, 0.05) is 29.7 Å². The van der Waals surface area contributed by atoms with Gasteiger partial charge >= 0.3 is 0 Å². The van der Waals surface area contributed by atoms with E-state index in [2.05, 4.69) is 17.2 Å². The van der Waals surface area contributed by atoms with Crippen molar-refractivity contribution in [3.63, 3.8) is 0 Å². The molecule has 2 aliphatic heterocycles. The molecule has 1 saturated carbocycles. The second-order valence-electron chi connectivity index (χ2n) is 9.70. The molecule has 2 amide bonds. The molecule has 0 spiro atoms. The number of fused-ring (bicyclic) bond motifs is 2. The molecule has 1 aromatic heterocycles. The highest BCUT2D eigenvalue weighted by Crippen LogP contribution is 2.42. The van der Waals surface area contributed by atoms with Gasteiger partial charge in [-0.25, -0.2) is 0 Å². The SMILES string of the molecule is C[C@@H]1CN(C(=O)[C@@H](NC(=O)c2ccc3cc[nH]c3c2)C2(C)CCCC2)[C@@H]2C(=O)CO[C@H]12. The van der Waals surface area contributed by atoms with Crippen LogP contribution in [0.2, 0.25) is 0 Å². The number of likely N-dealkylation sites (tertiary alicyclic amines) is 1. The molecule has 2 aromatic rings. The van der Waals surface area contributed by atoms with Crippen LogP contribution in [-0.4, -0.2) is 58.8 Å². The van der Waals surface area contributed by atoms with Gasteiger partial charge in [0.05, 0.1) is 6.10 Å². The predicted molar refractivity (Wildman–Crippen MR) is 116 cm³/mol. The molecule has 4 atom stereocenters. The number of ketones is 1. The van der Waals surface area contributed by atoms with Crippen LogP contribution in [0.15, 0.2) is 30.5 Å². The van der Waals surface area contributed by atoms with Crippen LogP contribution in [0.3, 0.4) is 0 Å². The summed E-state index contributed by atoms with van der Waals surface area (Å²) < 4.78 is 5.66. The van der Waals surface area contributed by atoms with E-state index in [0.29, 0.717) is 12.1 Å². The van der Waals surface area contributed by atoms with Crippen molar-refractivity contribution in [1.82, 2.24) is 15.2 Å². The number of ether oxygens (including phenoxy) is 1. The molecule has 31 heavy (non-hydrogen) atoms. The van der Waals surface area contributed by atoms with Gasteiger partial charge in [-0.2, -0.15) is 0 Å². The van der Waals surface area contributed by atoms with Crippen LogP contribution in [-0.2, 0) is 14.3 Å². The molecule has 0 bridgehead atoms. The Morgan fingerprint density at radius 3 is 2.81 bits per heavy atom. The van der Waals surface area contributed by atoms with Crippen molar-refractivity contribution < 1.29 is 19.1 Å². The number of benzene rings is 1. The van der Waals surface area contributed by atoms with Crippen molar-refractivity contribution >= 4 is 28.5 Å². The topological polar surface area (TPSA) is 91.5 Å². The summed E-state index contributed by atoms with van der Waals surface area (Å²) in [5, 5.41) is 4.09. The number of aromatic amines is 1. The van der Waals surface area contributed by atoms with Crippen molar-refractivity contribution in [3.05, 3.63) is 36.0 Å². The lowest BCUT2D eigenvalue weighted by molar-refractivity contribution is -0.140. The average molecular weight is 424 g/mol. The average Bonchev–Trinajstić information content (AvgIpc) is 3.52. The fraction of sp³-hybridized carbons (Fsp3) is 0.542. The summed E-state index contributed by atoms with van der Waals surface area (Å²) >= 11 is 0. The van der Waals surface area contributed by atoms with Crippen molar-refractivity contribution in [2.24, 2.45) is 11.3 Å². The molecule has 3 aliphatic rings. The molecule has 3 heterocycles. The number of hydrogen-bond acceptors (Lipinski definition) is 4. The van der Waals surface area contributed by atoms with Crippen LogP contribution >= 0.6 is 0 Å². The first-order valence-electron chi connectivity index (χ1n) is 11.2. The minimum absolute atomic E-state index is 0.0402. The Bertz CT molecular complexity index is 1040. The monoisotopic (exact) mass is 423 g/mol. The van der Waals surface area contributed by atoms with Crippen molar-refractivity contribution in [3.8, 4) is 0 Å². The summed E-state index contributed by atoms with van der Waals surface area (Å²) in [6.45, 7) is 4.64. The van der Waals surface area contributed by atoms with Gasteiger partial charge in [-0.3, -0.25) is 14.4 Å². The van der Waals surface area contributed by atoms with E-state index >= 15 is 0 Å². The zero-order valence-corrected chi connectivity index (χ0v) is 18.0. The Morgan fingerprint density at radius 1 is 1.26 bits per heavy atom. The van der Waals surface area contributed by atoms with Crippen molar-refractivity contribution in [2.75, 3.05) is 13.2 Å². The number of Topliss-reactive ketones (excluding diaryl/α,β-unsaturated/α-hetero) is 1. The maximum atomic E-state index is 13.8. The number of rotatable bonds is 4. The summed E-state index contributed by atoms with van der Waals surface area (Å²) in [5.74, 6) is -0.359. The smallest absolute Gasteiger partial charge is 0.252 e. The summed E-state index contributed by atoms with van der Waals surface area (Å²) in [4.78, 5) is 44.3. The molecule has 3 fully saturated rings. The van der Waals surface area contributed by atoms with Crippen LogP contribution in [0, 0.1) is 11.3 Å².